The Bertz CT molecular complexity index is 590. The molecule has 0 saturated carbocycles. The van der Waals surface area contributed by atoms with Crippen LogP contribution in [0.25, 0.3) is 0 Å². The lowest BCUT2D eigenvalue weighted by Crippen LogP contribution is -2.23. The SMILES string of the molecule is COc1ccc(CN2C=Nc3ccccc3C2)cc1. The third-order valence-corrected chi connectivity index (χ3v) is 3.27. The molecule has 0 aromatic heterocycles. The van der Waals surface area contributed by atoms with Gasteiger partial charge in [0, 0.05) is 13.1 Å². The zero-order valence-electron chi connectivity index (χ0n) is 10.9. The largest absolute Gasteiger partial charge is 0.497 e. The van der Waals surface area contributed by atoms with Crippen molar-refractivity contribution >= 4 is 12.0 Å². The molecule has 0 bridgehead atoms. The number of hydrogen-bond acceptors (Lipinski definition) is 3. The Labute approximate surface area is 113 Å². The van der Waals surface area contributed by atoms with E-state index in [-0.39, 0.29) is 0 Å². The van der Waals surface area contributed by atoms with Gasteiger partial charge in [0.2, 0.25) is 0 Å². The van der Waals surface area contributed by atoms with Crippen molar-refractivity contribution in [3.63, 3.8) is 0 Å². The number of nitrogens with zero attached hydrogens (tertiary/aromatic N) is 2. The molecule has 19 heavy (non-hydrogen) atoms. The van der Waals surface area contributed by atoms with Crippen LogP contribution in [-0.2, 0) is 13.1 Å². The predicted octanol–water partition coefficient (Wildman–Crippen LogP) is 3.37. The van der Waals surface area contributed by atoms with Gasteiger partial charge in [-0.15, -0.1) is 0 Å². The zero-order valence-corrected chi connectivity index (χ0v) is 10.9. The van der Waals surface area contributed by atoms with Gasteiger partial charge in [-0.1, -0.05) is 30.3 Å². The maximum absolute atomic E-state index is 5.17. The van der Waals surface area contributed by atoms with Crippen LogP contribution >= 0.6 is 0 Å². The van der Waals surface area contributed by atoms with E-state index < -0.39 is 0 Å². The van der Waals surface area contributed by atoms with Crippen LogP contribution < -0.4 is 4.74 Å². The smallest absolute Gasteiger partial charge is 0.118 e. The molecule has 0 amide bonds. The van der Waals surface area contributed by atoms with E-state index in [1.807, 2.05) is 24.5 Å². The third kappa shape index (κ3) is 2.60. The van der Waals surface area contributed by atoms with E-state index in [1.54, 1.807) is 7.11 Å². The van der Waals surface area contributed by atoms with E-state index >= 15 is 0 Å². The molecule has 0 radical (unpaired) electrons. The normalized spacial score (nSPS) is 13.2. The van der Waals surface area contributed by atoms with Gasteiger partial charge in [0.1, 0.15) is 5.75 Å². The molecule has 0 saturated heterocycles. The van der Waals surface area contributed by atoms with Crippen LogP contribution in [-0.4, -0.2) is 18.3 Å². The Morgan fingerprint density at radius 2 is 1.89 bits per heavy atom. The van der Waals surface area contributed by atoms with Crippen molar-refractivity contribution in [1.29, 1.82) is 0 Å². The van der Waals surface area contributed by atoms with Crippen molar-refractivity contribution in [2.75, 3.05) is 7.11 Å². The van der Waals surface area contributed by atoms with Crippen LogP contribution in [0.3, 0.4) is 0 Å². The Kier molecular flexibility index (Phi) is 3.19. The van der Waals surface area contributed by atoms with Crippen LogP contribution in [0.1, 0.15) is 11.1 Å². The fraction of sp³-hybridized carbons (Fsp3) is 0.188. The average Bonchev–Trinajstić information content (AvgIpc) is 2.48. The first-order valence-electron chi connectivity index (χ1n) is 6.34. The van der Waals surface area contributed by atoms with E-state index in [9.17, 15) is 0 Å². The van der Waals surface area contributed by atoms with Gasteiger partial charge in [0.05, 0.1) is 19.1 Å². The van der Waals surface area contributed by atoms with Gasteiger partial charge in [-0.3, -0.25) is 0 Å². The summed E-state index contributed by atoms with van der Waals surface area (Å²) in [7, 11) is 1.68. The van der Waals surface area contributed by atoms with Crippen molar-refractivity contribution in [3.05, 3.63) is 59.7 Å². The number of benzene rings is 2. The predicted molar refractivity (Wildman–Crippen MR) is 76.8 cm³/mol. The molecular formula is C16H16N2O. The molecule has 0 spiro atoms. The highest BCUT2D eigenvalue weighted by Gasteiger charge is 2.11. The molecule has 3 nitrogen and oxygen atoms in total. The summed E-state index contributed by atoms with van der Waals surface area (Å²) in [5, 5.41) is 0. The summed E-state index contributed by atoms with van der Waals surface area (Å²) >= 11 is 0. The van der Waals surface area contributed by atoms with Gasteiger partial charge >= 0.3 is 0 Å². The van der Waals surface area contributed by atoms with E-state index in [0.29, 0.717) is 0 Å². The quantitative estimate of drug-likeness (QED) is 0.836. The second-order valence-electron chi connectivity index (χ2n) is 4.63. The number of rotatable bonds is 3. The summed E-state index contributed by atoms with van der Waals surface area (Å²) in [5.41, 5.74) is 3.61. The van der Waals surface area contributed by atoms with Gasteiger partial charge in [0.15, 0.2) is 0 Å². The van der Waals surface area contributed by atoms with E-state index in [0.717, 1.165) is 24.5 Å². The second kappa shape index (κ2) is 5.14. The first-order valence-corrected chi connectivity index (χ1v) is 6.34. The topological polar surface area (TPSA) is 24.8 Å². The van der Waals surface area contributed by atoms with Crippen LogP contribution in [0.15, 0.2) is 53.5 Å². The van der Waals surface area contributed by atoms with E-state index in [4.69, 9.17) is 4.74 Å². The van der Waals surface area contributed by atoms with E-state index in [2.05, 4.69) is 40.2 Å². The number of para-hydroxylation sites is 1. The highest BCUT2D eigenvalue weighted by atomic mass is 16.5. The molecule has 0 atom stereocenters. The number of hydrogen-bond donors (Lipinski definition) is 0. The molecule has 0 aliphatic carbocycles. The first kappa shape index (κ1) is 11.8. The molecule has 96 valence electrons. The highest BCUT2D eigenvalue weighted by Crippen LogP contribution is 2.24. The average molecular weight is 252 g/mol. The molecule has 1 aliphatic heterocycles. The zero-order chi connectivity index (χ0) is 13.1. The summed E-state index contributed by atoms with van der Waals surface area (Å²) in [4.78, 5) is 6.69. The van der Waals surface area contributed by atoms with Gasteiger partial charge in [-0.05, 0) is 29.3 Å². The van der Waals surface area contributed by atoms with Crippen LogP contribution in [0.5, 0.6) is 5.75 Å². The molecule has 0 fully saturated rings. The first-order chi connectivity index (χ1) is 9.35. The van der Waals surface area contributed by atoms with Crippen LogP contribution in [0, 0.1) is 0 Å². The lowest BCUT2D eigenvalue weighted by molar-refractivity contribution is 0.408. The summed E-state index contributed by atoms with van der Waals surface area (Å²) in [6.45, 7) is 1.77. The van der Waals surface area contributed by atoms with Crippen LogP contribution in [0.4, 0.5) is 5.69 Å². The molecule has 2 aromatic carbocycles. The maximum atomic E-state index is 5.17. The molecular weight excluding hydrogens is 236 g/mol. The monoisotopic (exact) mass is 252 g/mol. The minimum Gasteiger partial charge on any atom is -0.497 e. The van der Waals surface area contributed by atoms with Crippen molar-refractivity contribution in [2.24, 2.45) is 4.99 Å². The summed E-state index contributed by atoms with van der Waals surface area (Å²) in [6.07, 6.45) is 1.92. The van der Waals surface area contributed by atoms with E-state index in [1.165, 1.54) is 11.1 Å². The van der Waals surface area contributed by atoms with Crippen molar-refractivity contribution in [1.82, 2.24) is 4.90 Å². The van der Waals surface area contributed by atoms with Crippen LogP contribution in [0.2, 0.25) is 0 Å². The van der Waals surface area contributed by atoms with Gasteiger partial charge in [-0.2, -0.15) is 0 Å². The molecule has 0 N–H and O–H groups in total. The Balaban J connectivity index is 1.72. The molecule has 0 unspecified atom stereocenters. The molecule has 3 rings (SSSR count). The number of ether oxygens (including phenoxy) is 1. The van der Waals surface area contributed by atoms with Gasteiger partial charge in [-0.25, -0.2) is 4.99 Å². The molecule has 1 heterocycles. The second-order valence-corrected chi connectivity index (χ2v) is 4.63. The lowest BCUT2D eigenvalue weighted by atomic mass is 10.1. The minimum absolute atomic E-state index is 0.863. The van der Waals surface area contributed by atoms with Gasteiger partial charge < -0.3 is 9.64 Å². The fourth-order valence-corrected chi connectivity index (χ4v) is 2.24. The van der Waals surface area contributed by atoms with Crippen molar-refractivity contribution < 1.29 is 4.74 Å². The Morgan fingerprint density at radius 1 is 1.11 bits per heavy atom. The number of aliphatic imine (C=N–C) groups is 1. The number of fused-ring (bicyclic) bond motifs is 1. The Hall–Kier alpha value is -2.29. The number of methoxy groups -OCH3 is 1. The Morgan fingerprint density at radius 3 is 2.68 bits per heavy atom. The summed E-state index contributed by atoms with van der Waals surface area (Å²) in [5.74, 6) is 0.890. The molecule has 2 aromatic rings. The van der Waals surface area contributed by atoms with Crippen molar-refractivity contribution in [2.45, 2.75) is 13.1 Å². The highest BCUT2D eigenvalue weighted by molar-refractivity contribution is 5.66. The summed E-state index contributed by atoms with van der Waals surface area (Å²) in [6, 6.07) is 16.4. The molecule has 3 heteroatoms. The minimum atomic E-state index is 0.863. The fourth-order valence-electron chi connectivity index (χ4n) is 2.24. The third-order valence-electron chi connectivity index (χ3n) is 3.27. The summed E-state index contributed by atoms with van der Waals surface area (Å²) < 4.78 is 5.17. The van der Waals surface area contributed by atoms with Crippen molar-refractivity contribution in [3.8, 4) is 5.75 Å². The van der Waals surface area contributed by atoms with Gasteiger partial charge in [0.25, 0.3) is 0 Å². The standard InChI is InChI=1S/C16H16N2O/c1-19-15-8-6-13(7-9-15)10-18-11-14-4-2-3-5-16(14)17-12-18/h2-9,12H,10-11H2,1H3. The molecule has 1 aliphatic rings. The lowest BCUT2D eigenvalue weighted by Gasteiger charge is -2.24. The maximum Gasteiger partial charge on any atom is 0.118 e.